The topological polar surface area (TPSA) is 25.8 Å². The Morgan fingerprint density at radius 1 is 0.679 bits per heavy atom. The van der Waals surface area contributed by atoms with Crippen molar-refractivity contribution in [3.05, 3.63) is 175 Å². The Labute approximate surface area is 331 Å². The minimum Gasteiger partial charge on any atom is 0 e. The molecule has 3 aromatic heterocycles. The molecule has 3 heterocycles. The van der Waals surface area contributed by atoms with Gasteiger partial charge in [-0.1, -0.05) is 73.0 Å². The van der Waals surface area contributed by atoms with E-state index in [1.165, 1.54) is 42.2 Å². The Morgan fingerprint density at radius 3 is 2.06 bits per heavy atom. The van der Waals surface area contributed by atoms with Crippen molar-refractivity contribution in [2.24, 2.45) is 0 Å². The number of hydrogen-bond donors (Lipinski definition) is 0. The number of aromatic nitrogens is 2. The number of thiophene rings is 1. The van der Waals surface area contributed by atoms with Gasteiger partial charge in [0.25, 0.3) is 0 Å². The fourth-order valence-corrected chi connectivity index (χ4v) is 10.0. The van der Waals surface area contributed by atoms with Gasteiger partial charge >= 0.3 is 99.8 Å². The van der Waals surface area contributed by atoms with E-state index in [4.69, 9.17) is 1.37 Å². The first-order valence-electron chi connectivity index (χ1n) is 17.9. The number of hydrogen-bond acceptors (Lipinski definition) is 3. The van der Waals surface area contributed by atoms with Crippen molar-refractivity contribution in [1.82, 2.24) is 9.97 Å². The number of pyridine rings is 2. The second-order valence-electron chi connectivity index (χ2n) is 14.1. The molecule has 1 unspecified atom stereocenters. The van der Waals surface area contributed by atoms with Crippen LogP contribution in [0, 0.1) is 17.9 Å². The first-order valence-corrected chi connectivity index (χ1v) is 25.6. The first kappa shape index (κ1) is 35.5. The Kier molecular flexibility index (Phi) is 10.4. The van der Waals surface area contributed by atoms with Gasteiger partial charge in [-0.05, 0) is 72.7 Å². The van der Waals surface area contributed by atoms with Crippen molar-refractivity contribution < 1.29 is 25.9 Å². The Balaban J connectivity index is 0.000000223. The van der Waals surface area contributed by atoms with E-state index in [2.05, 4.69) is 106 Å². The number of halogens is 1. The molecule has 0 bridgehead atoms. The van der Waals surface area contributed by atoms with Gasteiger partial charge < -0.3 is 4.98 Å². The minimum atomic E-state index is -1.72. The molecule has 0 N–H and O–H groups in total. The molecule has 1 atom stereocenters. The molecule has 0 spiro atoms. The maximum absolute atomic E-state index is 15.0. The van der Waals surface area contributed by atoms with Gasteiger partial charge in [-0.3, -0.25) is 0 Å². The van der Waals surface area contributed by atoms with Crippen molar-refractivity contribution in [1.29, 1.82) is 0 Å². The van der Waals surface area contributed by atoms with Crippen LogP contribution in [0.2, 0.25) is 17.3 Å². The monoisotopic (exact) mass is 948 g/mol. The SMILES string of the molecule is [2H]C(C)(c1ccccc1)c1cc(-c2[c-]ccc3c2sc2cc4cc5ccccc5cc4cc23)ncc1F.[CH3][Ge]([CH3])([CH3])[c]1ccc(-c2[c-]cccc2)nc1.[Ir]. The van der Waals surface area contributed by atoms with Gasteiger partial charge in [0.2, 0.25) is 0 Å². The predicted molar refractivity (Wildman–Crippen MR) is 222 cm³/mol. The molecule has 0 aliphatic carbocycles. The van der Waals surface area contributed by atoms with Gasteiger partial charge in [0.15, 0.2) is 0 Å². The van der Waals surface area contributed by atoms with Crippen LogP contribution in [0.1, 0.15) is 25.3 Å². The smallest absolute Gasteiger partial charge is 0 e. The zero-order valence-corrected chi connectivity index (χ0v) is 35.2. The van der Waals surface area contributed by atoms with Gasteiger partial charge in [0.05, 0.1) is 6.20 Å². The summed E-state index contributed by atoms with van der Waals surface area (Å²) in [5, 5.41) is 7.18. The molecule has 0 amide bonds. The molecule has 1 radical (unpaired) electrons. The number of rotatable bonds is 5. The summed E-state index contributed by atoms with van der Waals surface area (Å²) in [6.45, 7) is 1.73. The Hall–Kier alpha value is -4.52. The van der Waals surface area contributed by atoms with Crippen LogP contribution >= 0.6 is 11.3 Å². The van der Waals surface area contributed by atoms with Crippen molar-refractivity contribution >= 4 is 70.7 Å². The molecule has 0 fully saturated rings. The van der Waals surface area contributed by atoms with E-state index < -0.39 is 25.0 Å². The van der Waals surface area contributed by atoms with Crippen LogP contribution < -0.4 is 4.40 Å². The standard InChI is InChI=1S/C33H21FNS.C14H16GeN.Ir/c1-20(21-8-3-2-4-9-21)28-18-31(35-19-30(28)34)27-13-7-12-26-29-16-24-14-22-10-5-6-11-23(22)15-25(24)17-32(29)36-33(26)27;1-15(2,3)13-9-10-14(16-11-13)12-7-5-4-6-8-12;/h2-12,14-20H,1H3;4-7,9-11H,1-3H3;/q2*-1;/i20D;;. The normalized spacial score (nSPS) is 12.9. The third-order valence-corrected chi connectivity index (χ3v) is 15.0. The van der Waals surface area contributed by atoms with E-state index >= 15 is 4.39 Å². The van der Waals surface area contributed by atoms with E-state index in [1.54, 1.807) is 24.3 Å². The van der Waals surface area contributed by atoms with Crippen molar-refractivity contribution in [3.8, 4) is 22.5 Å². The van der Waals surface area contributed by atoms with Gasteiger partial charge in [-0.2, -0.15) is 11.3 Å². The third-order valence-electron chi connectivity index (χ3n) is 9.59. The third kappa shape index (κ3) is 7.63. The van der Waals surface area contributed by atoms with Crippen LogP contribution in [0.5, 0.6) is 0 Å². The summed E-state index contributed by atoms with van der Waals surface area (Å²) in [4.78, 5) is 8.98. The Morgan fingerprint density at radius 2 is 1.38 bits per heavy atom. The van der Waals surface area contributed by atoms with Crippen molar-refractivity contribution in [2.45, 2.75) is 30.1 Å². The molecule has 6 heteroatoms. The van der Waals surface area contributed by atoms with E-state index in [9.17, 15) is 0 Å². The van der Waals surface area contributed by atoms with Crippen LogP contribution in [0.25, 0.3) is 64.2 Å². The summed E-state index contributed by atoms with van der Waals surface area (Å²) < 4.78 is 27.8. The van der Waals surface area contributed by atoms with E-state index in [1.807, 2.05) is 66.9 Å². The minimum absolute atomic E-state index is 0. The van der Waals surface area contributed by atoms with Crippen LogP contribution in [-0.2, 0) is 20.1 Å². The summed E-state index contributed by atoms with van der Waals surface area (Å²) in [5.74, 6) is 5.41. The average molecular weight is 947 g/mol. The van der Waals surface area contributed by atoms with Crippen molar-refractivity contribution in [2.75, 3.05) is 0 Å². The maximum atomic E-state index is 15.0. The summed E-state index contributed by atoms with van der Waals surface area (Å²) in [6, 6.07) is 51.4. The van der Waals surface area contributed by atoms with Gasteiger partial charge in [0.1, 0.15) is 5.82 Å². The molecule has 9 rings (SSSR count). The fraction of sp³-hybridized carbons (Fsp3) is 0.106. The number of benzene rings is 6. The summed E-state index contributed by atoms with van der Waals surface area (Å²) in [6.07, 6.45) is 3.27. The maximum Gasteiger partial charge on any atom is 0 e. The molecule has 9 aromatic rings. The predicted octanol–water partition coefficient (Wildman–Crippen LogP) is 12.6. The second-order valence-corrected chi connectivity index (χ2v) is 25.8. The van der Waals surface area contributed by atoms with Gasteiger partial charge in [0, 0.05) is 32.1 Å². The molecule has 263 valence electrons. The van der Waals surface area contributed by atoms with Crippen LogP contribution in [-0.4, -0.2) is 23.2 Å². The molecule has 6 aromatic carbocycles. The molecule has 0 saturated carbocycles. The summed E-state index contributed by atoms with van der Waals surface area (Å²) >= 11 is -0.0105. The van der Waals surface area contributed by atoms with E-state index in [-0.39, 0.29) is 20.1 Å². The van der Waals surface area contributed by atoms with E-state index in [0.29, 0.717) is 11.3 Å². The van der Waals surface area contributed by atoms with Gasteiger partial charge in [-0.25, -0.2) is 4.39 Å². The average Bonchev–Trinajstić information content (AvgIpc) is 3.54. The molecule has 0 aliphatic heterocycles. The van der Waals surface area contributed by atoms with E-state index in [0.717, 1.165) is 32.5 Å². The number of nitrogens with zero attached hydrogens (tertiary/aromatic N) is 2. The quantitative estimate of drug-likeness (QED) is 0.0976. The molecule has 0 aliphatic rings. The van der Waals surface area contributed by atoms with Crippen LogP contribution in [0.3, 0.4) is 0 Å². The second kappa shape index (κ2) is 15.5. The Bertz CT molecular complexity index is 2750. The largest absolute Gasteiger partial charge is 0 e. The van der Waals surface area contributed by atoms with Crippen molar-refractivity contribution in [3.63, 3.8) is 0 Å². The zero-order valence-electron chi connectivity index (χ0n) is 30.9. The summed E-state index contributed by atoms with van der Waals surface area (Å²) in [7, 11) is 0. The molecular formula is C47H37FGeIrN2S-2. The molecule has 2 nitrogen and oxygen atoms in total. The molecular weight excluding hydrogens is 908 g/mol. The zero-order chi connectivity index (χ0) is 36.7. The molecule has 0 saturated heterocycles. The number of fused-ring (bicyclic) bond motifs is 5. The molecule has 53 heavy (non-hydrogen) atoms. The first-order chi connectivity index (χ1) is 25.6. The summed E-state index contributed by atoms with van der Waals surface area (Å²) in [5.41, 5.74) is 4.56. The van der Waals surface area contributed by atoms with Crippen LogP contribution in [0.4, 0.5) is 4.39 Å². The van der Waals surface area contributed by atoms with Crippen LogP contribution in [0.15, 0.2) is 146 Å². The van der Waals surface area contributed by atoms with Gasteiger partial charge in [-0.15, -0.1) is 23.8 Å². The fourth-order valence-electron chi connectivity index (χ4n) is 6.62.